The number of likely N-dealkylation sites (N-methyl/N-ethyl adjacent to an activating group) is 1. The first kappa shape index (κ1) is 21.9. The van der Waals surface area contributed by atoms with E-state index in [1.165, 1.54) is 61.3 Å². The van der Waals surface area contributed by atoms with E-state index >= 15 is 0 Å². The maximum Gasteiger partial charge on any atom is 0.116 e. The number of nitrogens with zero attached hydrogens (tertiary/aromatic N) is 3. The zero-order chi connectivity index (χ0) is 21.3. The maximum atomic E-state index is 6.38. The molecule has 6 nitrogen and oxygen atoms in total. The van der Waals surface area contributed by atoms with Gasteiger partial charge in [0.1, 0.15) is 6.17 Å². The minimum atomic E-state index is 0.0941. The third-order valence-corrected chi connectivity index (χ3v) is 8.53. The standard InChI is InChI=1S/C23H39N6P/c1-16-15-19(26-23-22(24)30-18(3)17(2)25-23)5-6-21(16)29-9-7-20(8-10-29)28-13-11-27(4)12-14-28/h5-6,15,20,22-23,25-26,30H,7-14,24H2,1-4H3. The minimum Gasteiger partial charge on any atom is -0.371 e. The summed E-state index contributed by atoms with van der Waals surface area (Å²) in [6, 6.07) is 7.54. The number of piperazine rings is 1. The number of nitrogens with one attached hydrogen (secondary N) is 2. The summed E-state index contributed by atoms with van der Waals surface area (Å²) in [5, 5.41) is 8.53. The molecule has 2 fully saturated rings. The molecule has 4 rings (SSSR count). The van der Waals surface area contributed by atoms with Gasteiger partial charge in [-0.25, -0.2) is 0 Å². The summed E-state index contributed by atoms with van der Waals surface area (Å²) < 4.78 is 0. The second-order valence-corrected chi connectivity index (χ2v) is 11.0. The van der Waals surface area contributed by atoms with Crippen LogP contribution in [0.1, 0.15) is 32.3 Å². The molecule has 166 valence electrons. The van der Waals surface area contributed by atoms with Crippen LogP contribution in [0.25, 0.3) is 0 Å². The maximum absolute atomic E-state index is 6.38. The van der Waals surface area contributed by atoms with Crippen LogP contribution in [-0.2, 0) is 0 Å². The summed E-state index contributed by atoms with van der Waals surface area (Å²) in [6.45, 7) is 13.7. The molecule has 1 aromatic rings. The molecule has 3 aliphatic rings. The van der Waals surface area contributed by atoms with Crippen molar-refractivity contribution in [3.8, 4) is 0 Å². The lowest BCUT2D eigenvalue weighted by Gasteiger charge is -2.43. The van der Waals surface area contributed by atoms with Crippen molar-refractivity contribution in [3.05, 3.63) is 34.8 Å². The number of rotatable bonds is 4. The predicted molar refractivity (Wildman–Crippen MR) is 131 cm³/mol. The molecule has 3 unspecified atom stereocenters. The van der Waals surface area contributed by atoms with Gasteiger partial charge in [-0.15, -0.1) is 0 Å². The number of aryl methyl sites for hydroxylation is 1. The molecule has 4 N–H and O–H groups in total. The van der Waals surface area contributed by atoms with E-state index in [2.05, 4.69) is 71.4 Å². The third-order valence-electron chi connectivity index (χ3n) is 7.06. The molecule has 30 heavy (non-hydrogen) atoms. The molecule has 7 heteroatoms. The van der Waals surface area contributed by atoms with Gasteiger partial charge < -0.3 is 26.2 Å². The molecule has 1 aromatic carbocycles. The van der Waals surface area contributed by atoms with Gasteiger partial charge in [-0.1, -0.05) is 8.58 Å². The fourth-order valence-corrected chi connectivity index (χ4v) is 6.06. The Labute approximate surface area is 184 Å². The zero-order valence-electron chi connectivity index (χ0n) is 19.0. The summed E-state index contributed by atoms with van der Waals surface area (Å²) in [6.07, 6.45) is 2.64. The second kappa shape index (κ2) is 9.44. The van der Waals surface area contributed by atoms with Crippen molar-refractivity contribution in [1.29, 1.82) is 0 Å². The van der Waals surface area contributed by atoms with Crippen LogP contribution in [0.5, 0.6) is 0 Å². The largest absolute Gasteiger partial charge is 0.371 e. The Kier molecular flexibility index (Phi) is 6.88. The number of hydrogen-bond donors (Lipinski definition) is 3. The van der Waals surface area contributed by atoms with E-state index in [4.69, 9.17) is 5.73 Å². The van der Waals surface area contributed by atoms with Crippen LogP contribution >= 0.6 is 8.58 Å². The van der Waals surface area contributed by atoms with Gasteiger partial charge in [-0.2, -0.15) is 0 Å². The van der Waals surface area contributed by atoms with Gasteiger partial charge in [0.05, 0.1) is 5.78 Å². The van der Waals surface area contributed by atoms with Crippen LogP contribution in [0.4, 0.5) is 11.4 Å². The van der Waals surface area contributed by atoms with Crippen LogP contribution in [0.3, 0.4) is 0 Å². The summed E-state index contributed by atoms with van der Waals surface area (Å²) in [7, 11) is 2.91. The zero-order valence-corrected chi connectivity index (χ0v) is 20.0. The number of allylic oxidation sites excluding steroid dienone is 2. The monoisotopic (exact) mass is 430 g/mol. The third kappa shape index (κ3) is 4.94. The average molecular weight is 431 g/mol. The Morgan fingerprint density at radius 2 is 1.73 bits per heavy atom. The highest BCUT2D eigenvalue weighted by Crippen LogP contribution is 2.35. The first-order chi connectivity index (χ1) is 14.4. The van der Waals surface area contributed by atoms with Gasteiger partial charge in [0, 0.05) is 62.4 Å². The topological polar surface area (TPSA) is 59.8 Å². The van der Waals surface area contributed by atoms with Crippen molar-refractivity contribution in [2.24, 2.45) is 5.73 Å². The Morgan fingerprint density at radius 1 is 1.03 bits per heavy atom. The molecule has 3 atom stereocenters. The molecule has 3 heterocycles. The summed E-state index contributed by atoms with van der Waals surface area (Å²) >= 11 is 0. The number of piperidine rings is 1. The molecule has 0 aliphatic carbocycles. The van der Waals surface area contributed by atoms with Gasteiger partial charge in [0.25, 0.3) is 0 Å². The number of nitrogens with two attached hydrogens (primary N) is 1. The van der Waals surface area contributed by atoms with E-state index < -0.39 is 0 Å². The van der Waals surface area contributed by atoms with Crippen molar-refractivity contribution in [2.75, 3.05) is 56.5 Å². The molecule has 0 saturated carbocycles. The Morgan fingerprint density at radius 3 is 2.40 bits per heavy atom. The number of hydrogen-bond acceptors (Lipinski definition) is 6. The Hall–Kier alpha value is -1.33. The first-order valence-electron chi connectivity index (χ1n) is 11.4. The second-order valence-electron chi connectivity index (χ2n) is 9.25. The van der Waals surface area contributed by atoms with Crippen LogP contribution in [0.2, 0.25) is 0 Å². The highest BCUT2D eigenvalue weighted by Gasteiger charge is 2.27. The fourth-order valence-electron chi connectivity index (χ4n) is 4.94. The smallest absolute Gasteiger partial charge is 0.116 e. The highest BCUT2D eigenvalue weighted by molar-refractivity contribution is 7.44. The minimum absolute atomic E-state index is 0.0941. The normalized spacial score (nSPS) is 28.1. The number of benzene rings is 1. The Balaban J connectivity index is 1.34. The molecule has 0 radical (unpaired) electrons. The summed E-state index contributed by atoms with van der Waals surface area (Å²) in [5.74, 6) is 0.113. The molecule has 0 bridgehead atoms. The molecule has 3 aliphatic heterocycles. The van der Waals surface area contributed by atoms with Crippen LogP contribution < -0.4 is 21.3 Å². The van der Waals surface area contributed by atoms with Crippen LogP contribution in [0.15, 0.2) is 29.2 Å². The van der Waals surface area contributed by atoms with Crippen molar-refractivity contribution in [2.45, 2.75) is 51.6 Å². The van der Waals surface area contributed by atoms with Crippen molar-refractivity contribution >= 4 is 20.0 Å². The van der Waals surface area contributed by atoms with Crippen LogP contribution in [0, 0.1) is 6.92 Å². The van der Waals surface area contributed by atoms with Gasteiger partial charge in [0.15, 0.2) is 0 Å². The van der Waals surface area contributed by atoms with E-state index in [-0.39, 0.29) is 11.9 Å². The average Bonchev–Trinajstić information content (AvgIpc) is 2.73. The molecule has 0 amide bonds. The molecular formula is C23H39N6P. The fraction of sp³-hybridized carbons (Fsp3) is 0.652. The SMILES string of the molecule is CC1=C(C)PC(N)C(Nc2ccc(N3CCC(N4CCN(C)CC4)CC3)c(C)c2)N1. The lowest BCUT2D eigenvalue weighted by molar-refractivity contribution is 0.0982. The van der Waals surface area contributed by atoms with E-state index in [1.807, 2.05) is 0 Å². The van der Waals surface area contributed by atoms with Gasteiger partial charge >= 0.3 is 0 Å². The Bertz CT molecular complexity index is 765. The molecule has 2 saturated heterocycles. The predicted octanol–water partition coefficient (Wildman–Crippen LogP) is 2.77. The lowest BCUT2D eigenvalue weighted by atomic mass is 10.0. The quantitative estimate of drug-likeness (QED) is 0.639. The van der Waals surface area contributed by atoms with Crippen LogP contribution in [-0.4, -0.2) is 74.1 Å². The van der Waals surface area contributed by atoms with Gasteiger partial charge in [-0.05, 0) is 69.7 Å². The van der Waals surface area contributed by atoms with E-state index in [0.29, 0.717) is 8.58 Å². The lowest BCUT2D eigenvalue weighted by Crippen LogP contribution is -2.52. The summed E-state index contributed by atoms with van der Waals surface area (Å²) in [4.78, 5) is 7.74. The van der Waals surface area contributed by atoms with Crippen molar-refractivity contribution in [3.63, 3.8) is 0 Å². The molecular weight excluding hydrogens is 391 g/mol. The van der Waals surface area contributed by atoms with Gasteiger partial charge in [-0.3, -0.25) is 4.90 Å². The van der Waals surface area contributed by atoms with E-state index in [9.17, 15) is 0 Å². The van der Waals surface area contributed by atoms with Crippen molar-refractivity contribution < 1.29 is 0 Å². The van der Waals surface area contributed by atoms with Gasteiger partial charge in [0.2, 0.25) is 0 Å². The summed E-state index contributed by atoms with van der Waals surface area (Å²) in [5.41, 5.74) is 11.5. The van der Waals surface area contributed by atoms with Crippen molar-refractivity contribution in [1.82, 2.24) is 15.1 Å². The molecule has 0 aromatic heterocycles. The molecule has 0 spiro atoms. The van der Waals surface area contributed by atoms with E-state index in [1.54, 1.807) is 0 Å². The number of anilines is 2. The highest BCUT2D eigenvalue weighted by atomic mass is 31.1. The first-order valence-corrected chi connectivity index (χ1v) is 12.5. The van der Waals surface area contributed by atoms with E-state index in [0.717, 1.165) is 24.8 Å².